The van der Waals surface area contributed by atoms with E-state index in [-0.39, 0.29) is 4.83 Å². The molecule has 1 aliphatic rings. The van der Waals surface area contributed by atoms with Gasteiger partial charge in [0, 0.05) is 8.95 Å². The summed E-state index contributed by atoms with van der Waals surface area (Å²) in [6.07, 6.45) is 0. The Morgan fingerprint density at radius 3 is 2.29 bits per heavy atom. The SMILES string of the molecule is Clc1cc(C(Br)c2cc3c(cc2Br)OCCO3)ccc1Br. The molecule has 2 nitrogen and oxygen atoms in total. The molecule has 1 unspecified atom stereocenters. The molecule has 0 amide bonds. The summed E-state index contributed by atoms with van der Waals surface area (Å²) in [4.78, 5) is 0.00769. The molecule has 1 atom stereocenters. The summed E-state index contributed by atoms with van der Waals surface area (Å²) in [5, 5.41) is 0.686. The van der Waals surface area contributed by atoms with E-state index < -0.39 is 0 Å². The minimum absolute atomic E-state index is 0.00769. The molecule has 0 saturated heterocycles. The summed E-state index contributed by atoms with van der Waals surface area (Å²) < 4.78 is 13.1. The van der Waals surface area contributed by atoms with Gasteiger partial charge in [0.05, 0.1) is 9.85 Å². The monoisotopic (exact) mass is 494 g/mol. The van der Waals surface area contributed by atoms with Gasteiger partial charge < -0.3 is 9.47 Å². The van der Waals surface area contributed by atoms with Crippen LogP contribution in [0.15, 0.2) is 39.3 Å². The molecule has 3 rings (SSSR count). The number of halogens is 4. The van der Waals surface area contributed by atoms with E-state index >= 15 is 0 Å². The number of benzene rings is 2. The molecule has 21 heavy (non-hydrogen) atoms. The first-order valence-corrected chi connectivity index (χ1v) is 9.12. The first-order valence-electron chi connectivity index (χ1n) is 6.24. The molecule has 0 saturated carbocycles. The average molecular weight is 497 g/mol. The Balaban J connectivity index is 2.00. The van der Waals surface area contributed by atoms with Gasteiger partial charge in [-0.1, -0.05) is 49.5 Å². The summed E-state index contributed by atoms with van der Waals surface area (Å²) in [7, 11) is 0. The fourth-order valence-electron chi connectivity index (χ4n) is 2.12. The van der Waals surface area contributed by atoms with E-state index in [2.05, 4.69) is 47.8 Å². The summed E-state index contributed by atoms with van der Waals surface area (Å²) in [5.41, 5.74) is 2.14. The topological polar surface area (TPSA) is 18.5 Å². The van der Waals surface area contributed by atoms with E-state index in [4.69, 9.17) is 21.1 Å². The van der Waals surface area contributed by atoms with Crippen molar-refractivity contribution < 1.29 is 9.47 Å². The lowest BCUT2D eigenvalue weighted by atomic mass is 10.0. The van der Waals surface area contributed by atoms with Crippen LogP contribution < -0.4 is 9.47 Å². The van der Waals surface area contributed by atoms with Crippen molar-refractivity contribution in [2.75, 3.05) is 13.2 Å². The van der Waals surface area contributed by atoms with Crippen LogP contribution >= 0.6 is 59.4 Å². The Kier molecular flexibility index (Phi) is 4.84. The maximum atomic E-state index is 6.18. The fraction of sp³-hybridized carbons (Fsp3) is 0.200. The van der Waals surface area contributed by atoms with Gasteiger partial charge in [-0.15, -0.1) is 0 Å². The summed E-state index contributed by atoms with van der Waals surface area (Å²) in [6.45, 7) is 1.16. The number of fused-ring (bicyclic) bond motifs is 1. The minimum Gasteiger partial charge on any atom is -0.486 e. The second kappa shape index (κ2) is 6.49. The number of rotatable bonds is 2. The molecule has 0 aliphatic carbocycles. The maximum Gasteiger partial charge on any atom is 0.162 e. The molecule has 0 N–H and O–H groups in total. The van der Waals surface area contributed by atoms with Gasteiger partial charge >= 0.3 is 0 Å². The van der Waals surface area contributed by atoms with Crippen molar-refractivity contribution in [1.29, 1.82) is 0 Å². The quantitative estimate of drug-likeness (QED) is 0.466. The van der Waals surface area contributed by atoms with E-state index in [0.29, 0.717) is 18.2 Å². The molecule has 6 heteroatoms. The number of hydrogen-bond donors (Lipinski definition) is 0. The minimum atomic E-state index is 0.00769. The van der Waals surface area contributed by atoms with Crippen LogP contribution in [-0.4, -0.2) is 13.2 Å². The molecular formula is C15H10Br3ClO2. The molecule has 1 aliphatic heterocycles. The fourth-order valence-corrected chi connectivity index (χ4v) is 4.08. The Bertz CT molecular complexity index is 691. The molecule has 0 radical (unpaired) electrons. The smallest absolute Gasteiger partial charge is 0.162 e. The van der Waals surface area contributed by atoms with Crippen LogP contribution in [0.2, 0.25) is 5.02 Å². The van der Waals surface area contributed by atoms with Crippen molar-refractivity contribution >= 4 is 59.4 Å². The molecule has 1 heterocycles. The highest BCUT2D eigenvalue weighted by Gasteiger charge is 2.20. The van der Waals surface area contributed by atoms with Gasteiger partial charge in [-0.3, -0.25) is 0 Å². The highest BCUT2D eigenvalue weighted by molar-refractivity contribution is 9.11. The van der Waals surface area contributed by atoms with Crippen molar-refractivity contribution in [3.63, 3.8) is 0 Å². The third-order valence-corrected chi connectivity index (χ3v) is 6.11. The Hall–Kier alpha value is -0.230. The number of ether oxygens (including phenoxy) is 2. The van der Waals surface area contributed by atoms with Crippen molar-refractivity contribution in [2.24, 2.45) is 0 Å². The standard InChI is InChI=1S/C15H10Br3ClO2/c16-10-2-1-8(5-12(10)19)15(18)9-6-13-14(7-11(9)17)21-4-3-20-13/h1-2,5-7,15H,3-4H2. The van der Waals surface area contributed by atoms with E-state index in [1.54, 1.807) is 0 Å². The second-order valence-electron chi connectivity index (χ2n) is 4.55. The zero-order valence-corrected chi connectivity index (χ0v) is 16.2. The molecule has 0 fully saturated rings. The molecular weight excluding hydrogens is 487 g/mol. The molecule has 110 valence electrons. The van der Waals surface area contributed by atoms with Gasteiger partial charge in [0.15, 0.2) is 11.5 Å². The largest absolute Gasteiger partial charge is 0.486 e. The van der Waals surface area contributed by atoms with Crippen molar-refractivity contribution in [3.8, 4) is 11.5 Å². The van der Waals surface area contributed by atoms with E-state index in [1.807, 2.05) is 30.3 Å². The van der Waals surface area contributed by atoms with E-state index in [1.165, 1.54) is 0 Å². The first kappa shape index (κ1) is 15.7. The summed E-state index contributed by atoms with van der Waals surface area (Å²) >= 11 is 16.9. The van der Waals surface area contributed by atoms with Crippen LogP contribution in [0.5, 0.6) is 11.5 Å². The van der Waals surface area contributed by atoms with Crippen LogP contribution in [0.25, 0.3) is 0 Å². The van der Waals surface area contributed by atoms with Crippen LogP contribution in [0.3, 0.4) is 0 Å². The average Bonchev–Trinajstić information content (AvgIpc) is 2.48. The lowest BCUT2D eigenvalue weighted by molar-refractivity contribution is 0.171. The van der Waals surface area contributed by atoms with Gasteiger partial charge in [-0.25, -0.2) is 0 Å². The van der Waals surface area contributed by atoms with Gasteiger partial charge in [0.25, 0.3) is 0 Å². The normalized spacial score (nSPS) is 14.9. The van der Waals surface area contributed by atoms with Gasteiger partial charge in [0.1, 0.15) is 13.2 Å². The summed E-state index contributed by atoms with van der Waals surface area (Å²) in [6, 6.07) is 9.84. The third kappa shape index (κ3) is 3.26. The maximum absolute atomic E-state index is 6.18. The predicted octanol–water partition coefficient (Wildman–Crippen LogP) is 6.12. The van der Waals surface area contributed by atoms with Gasteiger partial charge in [0.2, 0.25) is 0 Å². The second-order valence-corrected chi connectivity index (χ2v) is 7.59. The van der Waals surface area contributed by atoms with Crippen molar-refractivity contribution in [3.05, 3.63) is 55.4 Å². The molecule has 0 aromatic heterocycles. The zero-order chi connectivity index (χ0) is 15.0. The Morgan fingerprint density at radius 2 is 1.62 bits per heavy atom. The van der Waals surface area contributed by atoms with Crippen LogP contribution in [0.4, 0.5) is 0 Å². The first-order chi connectivity index (χ1) is 10.1. The molecule has 2 aromatic carbocycles. The highest BCUT2D eigenvalue weighted by Crippen LogP contribution is 2.43. The van der Waals surface area contributed by atoms with E-state index in [9.17, 15) is 0 Å². The lowest BCUT2D eigenvalue weighted by Crippen LogP contribution is -2.15. The van der Waals surface area contributed by atoms with Crippen molar-refractivity contribution in [1.82, 2.24) is 0 Å². The Morgan fingerprint density at radius 1 is 0.952 bits per heavy atom. The Labute approximate surface area is 153 Å². The highest BCUT2D eigenvalue weighted by atomic mass is 79.9. The van der Waals surface area contributed by atoms with Gasteiger partial charge in [-0.05, 0) is 51.3 Å². The number of hydrogen-bond acceptors (Lipinski definition) is 2. The number of alkyl halides is 1. The predicted molar refractivity (Wildman–Crippen MR) is 95.1 cm³/mol. The van der Waals surface area contributed by atoms with Crippen LogP contribution in [-0.2, 0) is 0 Å². The van der Waals surface area contributed by atoms with Crippen LogP contribution in [0.1, 0.15) is 16.0 Å². The molecule has 0 bridgehead atoms. The van der Waals surface area contributed by atoms with Crippen molar-refractivity contribution in [2.45, 2.75) is 4.83 Å². The van der Waals surface area contributed by atoms with E-state index in [0.717, 1.165) is 31.6 Å². The van der Waals surface area contributed by atoms with Gasteiger partial charge in [-0.2, -0.15) is 0 Å². The van der Waals surface area contributed by atoms with Crippen LogP contribution in [0, 0.1) is 0 Å². The third-order valence-electron chi connectivity index (χ3n) is 3.17. The zero-order valence-electron chi connectivity index (χ0n) is 10.7. The lowest BCUT2D eigenvalue weighted by Gasteiger charge is -2.21. The summed E-state index contributed by atoms with van der Waals surface area (Å²) in [5.74, 6) is 1.54. The molecule has 0 spiro atoms. The molecule has 2 aromatic rings.